The smallest absolute Gasteiger partial charge is 0.251 e. The van der Waals surface area contributed by atoms with E-state index in [1.165, 1.54) is 11.3 Å². The molecule has 0 atom stereocenters. The van der Waals surface area contributed by atoms with Crippen molar-refractivity contribution in [2.75, 3.05) is 11.9 Å². The van der Waals surface area contributed by atoms with Crippen molar-refractivity contribution in [3.05, 3.63) is 75.7 Å². The number of ether oxygens (including phenoxy) is 1. The molecule has 0 aliphatic rings. The minimum Gasteiger partial charge on any atom is -0.487 e. The highest BCUT2D eigenvalue weighted by Crippen LogP contribution is 2.19. The summed E-state index contributed by atoms with van der Waals surface area (Å²) in [6.07, 6.45) is 0. The van der Waals surface area contributed by atoms with E-state index in [0.717, 1.165) is 22.5 Å². The van der Waals surface area contributed by atoms with Crippen LogP contribution in [0.5, 0.6) is 5.75 Å². The lowest BCUT2D eigenvalue weighted by atomic mass is 10.1. The number of nitrogens with zero attached hydrogens (tertiary/aromatic N) is 1. The van der Waals surface area contributed by atoms with Gasteiger partial charge in [-0.15, -0.1) is 11.3 Å². The quantitative estimate of drug-likeness (QED) is 0.639. The van der Waals surface area contributed by atoms with Gasteiger partial charge in [0.1, 0.15) is 12.4 Å². The summed E-state index contributed by atoms with van der Waals surface area (Å²) in [7, 11) is 0. The predicted molar refractivity (Wildman–Crippen MR) is 110 cm³/mol. The van der Waals surface area contributed by atoms with Crippen molar-refractivity contribution in [2.45, 2.75) is 20.5 Å². The molecule has 0 spiro atoms. The lowest BCUT2D eigenvalue weighted by Gasteiger charge is -2.12. The van der Waals surface area contributed by atoms with Gasteiger partial charge in [0.05, 0.1) is 17.7 Å². The number of aromatic nitrogens is 1. The number of carbonyl (C=O) groups is 2. The summed E-state index contributed by atoms with van der Waals surface area (Å²) in [4.78, 5) is 28.7. The lowest BCUT2D eigenvalue weighted by molar-refractivity contribution is -0.115. The lowest BCUT2D eigenvalue weighted by Crippen LogP contribution is -2.33. The number of benzene rings is 2. The van der Waals surface area contributed by atoms with E-state index >= 15 is 0 Å². The topological polar surface area (TPSA) is 80.3 Å². The minimum atomic E-state index is -0.337. The number of para-hydroxylation sites is 1. The van der Waals surface area contributed by atoms with Crippen LogP contribution in [0.4, 0.5) is 5.69 Å². The van der Waals surface area contributed by atoms with E-state index in [-0.39, 0.29) is 18.4 Å². The maximum atomic E-state index is 12.4. The maximum absolute atomic E-state index is 12.4. The van der Waals surface area contributed by atoms with Gasteiger partial charge in [-0.25, -0.2) is 4.98 Å². The molecular weight excluding hydrogens is 374 g/mol. The third-order valence-corrected chi connectivity index (χ3v) is 4.76. The molecule has 1 aromatic heterocycles. The van der Waals surface area contributed by atoms with E-state index in [9.17, 15) is 9.59 Å². The number of carbonyl (C=O) groups excluding carboxylic acids is 2. The molecule has 0 saturated carbocycles. The SMILES string of the molecule is Cc1cccc(C)c1NC(=O)CNC(=O)c1cccc(OCc2cscn2)c1. The van der Waals surface area contributed by atoms with Crippen LogP contribution in [0.15, 0.2) is 53.4 Å². The highest BCUT2D eigenvalue weighted by atomic mass is 32.1. The number of thiazole rings is 1. The molecule has 144 valence electrons. The van der Waals surface area contributed by atoms with Crippen molar-refractivity contribution in [1.82, 2.24) is 10.3 Å². The van der Waals surface area contributed by atoms with Gasteiger partial charge in [0.25, 0.3) is 5.91 Å². The molecule has 0 fully saturated rings. The Hall–Kier alpha value is -3.19. The summed E-state index contributed by atoms with van der Waals surface area (Å²) in [6.45, 7) is 4.08. The van der Waals surface area contributed by atoms with Gasteiger partial charge in [-0.05, 0) is 43.2 Å². The molecule has 0 aliphatic carbocycles. The van der Waals surface area contributed by atoms with Crippen LogP contribution in [0.1, 0.15) is 27.2 Å². The zero-order chi connectivity index (χ0) is 19.9. The monoisotopic (exact) mass is 395 g/mol. The average molecular weight is 395 g/mol. The largest absolute Gasteiger partial charge is 0.487 e. The summed E-state index contributed by atoms with van der Waals surface area (Å²) in [6, 6.07) is 12.6. The Morgan fingerprint density at radius 1 is 1.11 bits per heavy atom. The number of anilines is 1. The van der Waals surface area contributed by atoms with Crippen molar-refractivity contribution < 1.29 is 14.3 Å². The number of hydrogen-bond acceptors (Lipinski definition) is 5. The van der Waals surface area contributed by atoms with Gasteiger partial charge in [0.2, 0.25) is 5.91 Å². The van der Waals surface area contributed by atoms with Crippen LogP contribution in [0.25, 0.3) is 0 Å². The summed E-state index contributed by atoms with van der Waals surface area (Å²) in [5, 5.41) is 7.39. The predicted octanol–water partition coefficient (Wildman–Crippen LogP) is 3.71. The summed E-state index contributed by atoms with van der Waals surface area (Å²) < 4.78 is 5.66. The van der Waals surface area contributed by atoms with E-state index in [1.54, 1.807) is 29.8 Å². The van der Waals surface area contributed by atoms with Gasteiger partial charge < -0.3 is 15.4 Å². The molecule has 0 unspecified atom stereocenters. The molecule has 0 aliphatic heterocycles. The summed E-state index contributed by atoms with van der Waals surface area (Å²) in [5.74, 6) is -0.0434. The van der Waals surface area contributed by atoms with Crippen LogP contribution in [0.2, 0.25) is 0 Å². The Kier molecular flexibility index (Phi) is 6.39. The van der Waals surface area contributed by atoms with Crippen LogP contribution in [-0.4, -0.2) is 23.3 Å². The highest BCUT2D eigenvalue weighted by Gasteiger charge is 2.11. The standard InChI is InChI=1S/C21H21N3O3S/c1-14-5-3-6-15(2)20(14)24-19(25)10-22-21(26)16-7-4-8-18(9-16)27-11-17-12-28-13-23-17/h3-9,12-13H,10-11H2,1-2H3,(H,22,26)(H,24,25). The van der Waals surface area contributed by atoms with Crippen LogP contribution >= 0.6 is 11.3 Å². The molecule has 28 heavy (non-hydrogen) atoms. The Morgan fingerprint density at radius 3 is 2.57 bits per heavy atom. The van der Waals surface area contributed by atoms with Gasteiger partial charge in [0, 0.05) is 16.6 Å². The molecule has 3 aromatic rings. The van der Waals surface area contributed by atoms with Gasteiger partial charge in [-0.1, -0.05) is 24.3 Å². The molecule has 6 nitrogen and oxygen atoms in total. The first kappa shape index (κ1) is 19.6. The molecule has 0 bridgehead atoms. The van der Waals surface area contributed by atoms with Crippen LogP contribution < -0.4 is 15.4 Å². The fourth-order valence-electron chi connectivity index (χ4n) is 2.65. The molecule has 7 heteroatoms. The molecular formula is C21H21N3O3S. The van der Waals surface area contributed by atoms with Gasteiger partial charge in [-0.2, -0.15) is 0 Å². The Morgan fingerprint density at radius 2 is 1.86 bits per heavy atom. The fraction of sp³-hybridized carbons (Fsp3) is 0.190. The van der Waals surface area contributed by atoms with Crippen molar-refractivity contribution in [3.63, 3.8) is 0 Å². The van der Waals surface area contributed by atoms with Crippen molar-refractivity contribution in [3.8, 4) is 5.75 Å². The third-order valence-electron chi connectivity index (χ3n) is 4.12. The maximum Gasteiger partial charge on any atom is 0.251 e. The van der Waals surface area contributed by atoms with Gasteiger partial charge in [-0.3, -0.25) is 9.59 Å². The Labute approximate surface area is 167 Å². The molecule has 2 N–H and O–H groups in total. The molecule has 1 heterocycles. The number of rotatable bonds is 7. The van der Waals surface area contributed by atoms with Crippen molar-refractivity contribution in [2.24, 2.45) is 0 Å². The Bertz CT molecular complexity index is 951. The molecule has 0 saturated heterocycles. The van der Waals surface area contributed by atoms with Crippen LogP contribution in [-0.2, 0) is 11.4 Å². The Balaban J connectivity index is 1.54. The minimum absolute atomic E-state index is 0.115. The number of amides is 2. The second-order valence-electron chi connectivity index (χ2n) is 6.29. The third kappa shape index (κ3) is 5.17. The number of hydrogen-bond donors (Lipinski definition) is 2. The van der Waals surface area contributed by atoms with E-state index in [1.807, 2.05) is 37.4 Å². The zero-order valence-corrected chi connectivity index (χ0v) is 16.5. The average Bonchev–Trinajstić information content (AvgIpc) is 3.21. The van der Waals surface area contributed by atoms with Crippen LogP contribution in [0.3, 0.4) is 0 Å². The normalized spacial score (nSPS) is 10.4. The van der Waals surface area contributed by atoms with E-state index < -0.39 is 0 Å². The first-order valence-electron chi connectivity index (χ1n) is 8.77. The molecule has 3 rings (SSSR count). The molecule has 2 amide bonds. The van der Waals surface area contributed by atoms with Gasteiger partial charge in [0.15, 0.2) is 0 Å². The van der Waals surface area contributed by atoms with Gasteiger partial charge >= 0.3 is 0 Å². The summed E-state index contributed by atoms with van der Waals surface area (Å²) >= 11 is 1.50. The van der Waals surface area contributed by atoms with E-state index in [4.69, 9.17) is 4.74 Å². The second kappa shape index (κ2) is 9.14. The van der Waals surface area contributed by atoms with Crippen molar-refractivity contribution in [1.29, 1.82) is 0 Å². The van der Waals surface area contributed by atoms with E-state index in [0.29, 0.717) is 17.9 Å². The molecule has 2 aromatic carbocycles. The molecule has 0 radical (unpaired) electrons. The highest BCUT2D eigenvalue weighted by molar-refractivity contribution is 7.07. The fourth-order valence-corrected chi connectivity index (χ4v) is 3.19. The van der Waals surface area contributed by atoms with Crippen LogP contribution in [0, 0.1) is 13.8 Å². The zero-order valence-electron chi connectivity index (χ0n) is 15.7. The number of nitrogens with one attached hydrogen (secondary N) is 2. The summed E-state index contributed by atoms with van der Waals surface area (Å²) in [5.41, 5.74) is 5.73. The van der Waals surface area contributed by atoms with Crippen molar-refractivity contribution >= 4 is 28.8 Å². The van der Waals surface area contributed by atoms with E-state index in [2.05, 4.69) is 15.6 Å². The first-order valence-corrected chi connectivity index (χ1v) is 9.71. The number of aryl methyl sites for hydroxylation is 2. The second-order valence-corrected chi connectivity index (χ2v) is 7.01. The first-order chi connectivity index (χ1) is 13.5.